The van der Waals surface area contributed by atoms with Gasteiger partial charge in [0.1, 0.15) is 0 Å². The molecule has 1 aromatic rings. The van der Waals surface area contributed by atoms with Crippen molar-refractivity contribution in [3.05, 3.63) is 39.0 Å². The molecule has 0 aliphatic carbocycles. The number of nitrogens with zero attached hydrogens (tertiary/aromatic N) is 1. The molecular weight excluding hydrogens is 197 g/mol. The predicted molar refractivity (Wildman–Crippen MR) is 51.3 cm³/mol. The van der Waals surface area contributed by atoms with Crippen LogP contribution in [0.15, 0.2) is 18.2 Å². The second kappa shape index (κ2) is 4.10. The van der Waals surface area contributed by atoms with E-state index in [1.165, 1.54) is 7.05 Å². The van der Waals surface area contributed by atoms with Gasteiger partial charge in [0.15, 0.2) is 0 Å². The molecule has 1 rings (SSSR count). The number of rotatable bonds is 2. The summed E-state index contributed by atoms with van der Waals surface area (Å²) in [6.45, 7) is 0.330. The summed E-state index contributed by atoms with van der Waals surface area (Å²) in [7, 11) is 1.46. The highest BCUT2D eigenvalue weighted by Crippen LogP contribution is 2.22. The Hall–Kier alpha value is -0.280. The van der Waals surface area contributed by atoms with E-state index in [4.69, 9.17) is 23.2 Å². The van der Waals surface area contributed by atoms with E-state index in [0.29, 0.717) is 16.6 Å². The second-order valence-corrected chi connectivity index (χ2v) is 3.35. The summed E-state index contributed by atoms with van der Waals surface area (Å²) in [6, 6.07) is 5.16. The molecular formula is C8H8Cl2NO-. The van der Waals surface area contributed by atoms with Gasteiger partial charge in [0, 0.05) is 6.54 Å². The first-order valence-electron chi connectivity index (χ1n) is 3.42. The summed E-state index contributed by atoms with van der Waals surface area (Å²) < 4.78 is 0. The molecule has 1 aromatic carbocycles. The highest BCUT2D eigenvalue weighted by Gasteiger charge is 1.98. The van der Waals surface area contributed by atoms with E-state index in [-0.39, 0.29) is 0 Å². The molecule has 0 unspecified atom stereocenters. The minimum Gasteiger partial charge on any atom is -0.785 e. The van der Waals surface area contributed by atoms with Gasteiger partial charge in [0.25, 0.3) is 0 Å². The van der Waals surface area contributed by atoms with E-state index in [1.807, 2.05) is 0 Å². The van der Waals surface area contributed by atoms with Gasteiger partial charge in [-0.25, -0.2) is 0 Å². The van der Waals surface area contributed by atoms with Crippen molar-refractivity contribution in [3.8, 4) is 0 Å². The summed E-state index contributed by atoms with van der Waals surface area (Å²) in [5.41, 5.74) is 0.863. The van der Waals surface area contributed by atoms with Crippen LogP contribution in [0.2, 0.25) is 10.0 Å². The van der Waals surface area contributed by atoms with Crippen molar-refractivity contribution in [2.24, 2.45) is 0 Å². The van der Waals surface area contributed by atoms with Crippen molar-refractivity contribution in [1.29, 1.82) is 0 Å². The van der Waals surface area contributed by atoms with Gasteiger partial charge >= 0.3 is 0 Å². The lowest BCUT2D eigenvalue weighted by molar-refractivity contribution is 0.453. The van der Waals surface area contributed by atoms with Crippen molar-refractivity contribution in [2.45, 2.75) is 6.54 Å². The summed E-state index contributed by atoms with van der Waals surface area (Å²) in [6.07, 6.45) is 0. The van der Waals surface area contributed by atoms with Crippen LogP contribution in [-0.2, 0) is 6.54 Å². The van der Waals surface area contributed by atoms with Crippen molar-refractivity contribution in [1.82, 2.24) is 5.06 Å². The topological polar surface area (TPSA) is 26.3 Å². The summed E-state index contributed by atoms with van der Waals surface area (Å²) in [5.74, 6) is 0. The van der Waals surface area contributed by atoms with E-state index >= 15 is 0 Å². The average molecular weight is 205 g/mol. The van der Waals surface area contributed by atoms with Crippen LogP contribution in [0.5, 0.6) is 0 Å². The van der Waals surface area contributed by atoms with Crippen LogP contribution < -0.4 is 0 Å². The largest absolute Gasteiger partial charge is 0.785 e. The van der Waals surface area contributed by atoms with Crippen LogP contribution in [0, 0.1) is 5.21 Å². The van der Waals surface area contributed by atoms with Gasteiger partial charge in [-0.2, -0.15) is 0 Å². The van der Waals surface area contributed by atoms with Gasteiger partial charge in [-0.3, -0.25) is 0 Å². The predicted octanol–water partition coefficient (Wildman–Crippen LogP) is 2.92. The maximum absolute atomic E-state index is 10.6. The number of hydrogen-bond acceptors (Lipinski definition) is 2. The molecule has 0 N–H and O–H groups in total. The van der Waals surface area contributed by atoms with E-state index in [9.17, 15) is 5.21 Å². The van der Waals surface area contributed by atoms with E-state index in [2.05, 4.69) is 0 Å². The first kappa shape index (κ1) is 9.81. The van der Waals surface area contributed by atoms with Gasteiger partial charge < -0.3 is 10.3 Å². The van der Waals surface area contributed by atoms with Crippen LogP contribution in [0.4, 0.5) is 0 Å². The normalized spacial score (nSPS) is 10.8. The zero-order valence-electron chi connectivity index (χ0n) is 6.55. The Labute approximate surface area is 81.3 Å². The van der Waals surface area contributed by atoms with Crippen LogP contribution >= 0.6 is 23.2 Å². The molecule has 0 aliphatic heterocycles. The monoisotopic (exact) mass is 204 g/mol. The molecule has 12 heavy (non-hydrogen) atoms. The van der Waals surface area contributed by atoms with Crippen molar-refractivity contribution in [2.75, 3.05) is 7.05 Å². The summed E-state index contributed by atoms with van der Waals surface area (Å²) >= 11 is 11.4. The van der Waals surface area contributed by atoms with Crippen LogP contribution in [0.25, 0.3) is 0 Å². The molecule has 0 atom stereocenters. The molecule has 0 saturated carbocycles. The molecule has 0 aromatic heterocycles. The maximum atomic E-state index is 10.6. The Balaban J connectivity index is 2.82. The molecule has 0 aliphatic rings. The summed E-state index contributed by atoms with van der Waals surface area (Å²) in [5, 5.41) is 12.5. The van der Waals surface area contributed by atoms with Crippen molar-refractivity contribution >= 4 is 23.2 Å². The molecule has 0 radical (unpaired) electrons. The van der Waals surface area contributed by atoms with Crippen molar-refractivity contribution in [3.63, 3.8) is 0 Å². The lowest BCUT2D eigenvalue weighted by atomic mass is 10.2. The molecule has 0 saturated heterocycles. The van der Waals surface area contributed by atoms with Gasteiger partial charge in [-0.15, -0.1) is 0 Å². The molecule has 0 spiro atoms. The average Bonchev–Trinajstić information content (AvgIpc) is 1.96. The highest BCUT2D eigenvalue weighted by molar-refractivity contribution is 6.41. The zero-order valence-corrected chi connectivity index (χ0v) is 8.06. The molecule has 2 nitrogen and oxygen atoms in total. The molecule has 66 valence electrons. The lowest BCUT2D eigenvalue weighted by Gasteiger charge is -2.21. The Morgan fingerprint density at radius 1 is 1.33 bits per heavy atom. The number of halogens is 2. The zero-order chi connectivity index (χ0) is 9.14. The Kier molecular flexibility index (Phi) is 3.35. The number of benzene rings is 1. The maximum Gasteiger partial charge on any atom is 0.0595 e. The van der Waals surface area contributed by atoms with Gasteiger partial charge in [-0.05, 0) is 24.7 Å². The van der Waals surface area contributed by atoms with Crippen LogP contribution in [0.3, 0.4) is 0 Å². The first-order chi connectivity index (χ1) is 5.59. The third kappa shape index (κ3) is 2.64. The molecule has 0 amide bonds. The molecule has 0 heterocycles. The standard InChI is InChI=1S/C8H8Cl2NO/c1-11(12)5-6-2-3-7(9)8(10)4-6/h2-4H,5H2,1H3/q-1. The fourth-order valence-corrected chi connectivity index (χ4v) is 1.22. The minimum absolute atomic E-state index is 0.330. The van der Waals surface area contributed by atoms with Crippen LogP contribution in [-0.4, -0.2) is 12.1 Å². The second-order valence-electron chi connectivity index (χ2n) is 2.53. The van der Waals surface area contributed by atoms with Crippen LogP contribution in [0.1, 0.15) is 5.56 Å². The Morgan fingerprint density at radius 2 is 2.00 bits per heavy atom. The first-order valence-corrected chi connectivity index (χ1v) is 4.17. The molecule has 4 heteroatoms. The third-order valence-corrected chi connectivity index (χ3v) is 2.13. The smallest absolute Gasteiger partial charge is 0.0595 e. The highest BCUT2D eigenvalue weighted by atomic mass is 35.5. The van der Waals surface area contributed by atoms with Gasteiger partial charge in [0.2, 0.25) is 0 Å². The van der Waals surface area contributed by atoms with Crippen molar-refractivity contribution < 1.29 is 0 Å². The fraction of sp³-hybridized carbons (Fsp3) is 0.250. The van der Waals surface area contributed by atoms with E-state index in [0.717, 1.165) is 10.6 Å². The Morgan fingerprint density at radius 3 is 2.50 bits per heavy atom. The molecule has 0 fully saturated rings. The SMILES string of the molecule is CN([O-])Cc1ccc(Cl)c(Cl)c1. The number of hydrogen-bond donors (Lipinski definition) is 0. The van der Waals surface area contributed by atoms with E-state index < -0.39 is 0 Å². The fourth-order valence-electron chi connectivity index (χ4n) is 0.895. The molecule has 0 bridgehead atoms. The summed E-state index contributed by atoms with van der Waals surface area (Å²) in [4.78, 5) is 0. The third-order valence-electron chi connectivity index (χ3n) is 1.39. The van der Waals surface area contributed by atoms with Gasteiger partial charge in [-0.1, -0.05) is 29.3 Å². The van der Waals surface area contributed by atoms with E-state index in [1.54, 1.807) is 18.2 Å². The number of hydroxylamine groups is 2. The quantitative estimate of drug-likeness (QED) is 0.693. The lowest BCUT2D eigenvalue weighted by Crippen LogP contribution is -2.07. The van der Waals surface area contributed by atoms with Gasteiger partial charge in [0.05, 0.1) is 10.0 Å². The Bertz CT molecular complexity index is 276. The minimum atomic E-state index is 0.330.